The van der Waals surface area contributed by atoms with Gasteiger partial charge in [-0.2, -0.15) is 5.10 Å². The molecule has 2 rings (SSSR count). The average Bonchev–Trinajstić information content (AvgIpc) is 2.86. The van der Waals surface area contributed by atoms with E-state index in [9.17, 15) is 5.11 Å². The first kappa shape index (κ1) is 15.1. The number of hydrogen-bond donors (Lipinski definition) is 1. The Morgan fingerprint density at radius 1 is 1.30 bits per heavy atom. The van der Waals surface area contributed by atoms with Crippen LogP contribution in [0.25, 0.3) is 0 Å². The lowest BCUT2D eigenvalue weighted by Gasteiger charge is -2.13. The molecule has 0 aliphatic heterocycles. The van der Waals surface area contributed by atoms with Crippen LogP contribution in [0.4, 0.5) is 0 Å². The summed E-state index contributed by atoms with van der Waals surface area (Å²) in [7, 11) is 0. The van der Waals surface area contributed by atoms with Gasteiger partial charge in [-0.05, 0) is 45.0 Å². The Bertz CT molecular complexity index is 579. The zero-order valence-corrected chi connectivity index (χ0v) is 13.5. The van der Waals surface area contributed by atoms with Gasteiger partial charge in [0.2, 0.25) is 0 Å². The van der Waals surface area contributed by atoms with Crippen molar-refractivity contribution in [2.75, 3.05) is 0 Å². The third-order valence-electron chi connectivity index (χ3n) is 2.99. The molecule has 0 spiro atoms. The van der Waals surface area contributed by atoms with Crippen LogP contribution < -0.4 is 4.74 Å². The van der Waals surface area contributed by atoms with E-state index in [2.05, 4.69) is 34.9 Å². The summed E-state index contributed by atoms with van der Waals surface area (Å²) in [6, 6.07) is 7.90. The lowest BCUT2D eigenvalue weighted by atomic mass is 10.1. The molecule has 0 amide bonds. The molecule has 0 radical (unpaired) electrons. The lowest BCUT2D eigenvalue weighted by molar-refractivity contribution is 0.189. The predicted molar refractivity (Wildman–Crippen MR) is 81.7 cm³/mol. The molecule has 4 nitrogen and oxygen atoms in total. The fourth-order valence-electron chi connectivity index (χ4n) is 1.87. The van der Waals surface area contributed by atoms with Gasteiger partial charge in [-0.15, -0.1) is 0 Å². The van der Waals surface area contributed by atoms with E-state index in [0.717, 1.165) is 15.7 Å². The Labute approximate surface area is 127 Å². The minimum absolute atomic E-state index is 0.337. The van der Waals surface area contributed by atoms with Crippen LogP contribution in [0.1, 0.15) is 44.2 Å². The topological polar surface area (TPSA) is 47.3 Å². The van der Waals surface area contributed by atoms with Crippen molar-refractivity contribution in [2.45, 2.75) is 39.5 Å². The third-order valence-corrected chi connectivity index (χ3v) is 3.48. The molecule has 1 N–H and O–H groups in total. The van der Waals surface area contributed by atoms with Crippen LogP contribution in [0.15, 0.2) is 34.9 Å². The summed E-state index contributed by atoms with van der Waals surface area (Å²) >= 11 is 3.40. The number of benzene rings is 1. The largest absolute Gasteiger partial charge is 0.487 e. The minimum atomic E-state index is -0.573. The number of halogens is 1. The molecule has 0 bridgehead atoms. The van der Waals surface area contributed by atoms with Gasteiger partial charge < -0.3 is 9.84 Å². The molecular formula is C15H19BrN2O2. The number of nitrogens with zero attached hydrogens (tertiary/aromatic N) is 2. The number of rotatable bonds is 5. The van der Waals surface area contributed by atoms with Crippen molar-refractivity contribution in [2.24, 2.45) is 0 Å². The molecule has 1 heterocycles. The standard InChI is InChI=1S/C15H19BrN2O2/c1-10(2)18-7-6-13(17-18)9-20-15-5-4-12(16)8-14(15)11(3)19/h4-8,10-11,19H,9H2,1-3H3/t11-/m0/s1. The monoisotopic (exact) mass is 338 g/mol. The van der Waals surface area contributed by atoms with Crippen LogP contribution in [-0.2, 0) is 6.61 Å². The van der Waals surface area contributed by atoms with Crippen molar-refractivity contribution in [1.29, 1.82) is 0 Å². The highest BCUT2D eigenvalue weighted by Gasteiger charge is 2.11. The van der Waals surface area contributed by atoms with Gasteiger partial charge in [0.1, 0.15) is 12.4 Å². The second-order valence-corrected chi connectivity index (χ2v) is 5.94. The molecule has 1 aromatic heterocycles. The van der Waals surface area contributed by atoms with Gasteiger partial charge >= 0.3 is 0 Å². The minimum Gasteiger partial charge on any atom is -0.487 e. The smallest absolute Gasteiger partial charge is 0.132 e. The maximum absolute atomic E-state index is 9.78. The van der Waals surface area contributed by atoms with Gasteiger partial charge in [0.05, 0.1) is 11.8 Å². The molecule has 0 unspecified atom stereocenters. The van der Waals surface area contributed by atoms with E-state index in [1.807, 2.05) is 35.1 Å². The number of hydrogen-bond acceptors (Lipinski definition) is 3. The summed E-state index contributed by atoms with van der Waals surface area (Å²) in [6.45, 7) is 6.28. The maximum atomic E-state index is 9.78. The van der Waals surface area contributed by atoms with Gasteiger partial charge in [-0.25, -0.2) is 0 Å². The molecule has 0 saturated heterocycles. The Balaban J connectivity index is 2.10. The van der Waals surface area contributed by atoms with E-state index in [4.69, 9.17) is 4.74 Å². The van der Waals surface area contributed by atoms with Gasteiger partial charge in [0.25, 0.3) is 0 Å². The molecule has 0 aliphatic carbocycles. The van der Waals surface area contributed by atoms with E-state index >= 15 is 0 Å². The molecule has 0 saturated carbocycles. The first-order chi connectivity index (χ1) is 9.47. The van der Waals surface area contributed by atoms with Crippen molar-refractivity contribution in [3.8, 4) is 5.75 Å². The van der Waals surface area contributed by atoms with Crippen molar-refractivity contribution in [1.82, 2.24) is 9.78 Å². The van der Waals surface area contributed by atoms with Crippen LogP contribution in [-0.4, -0.2) is 14.9 Å². The SMILES string of the molecule is CC(C)n1ccc(COc2ccc(Br)cc2[C@H](C)O)n1. The quantitative estimate of drug-likeness (QED) is 0.900. The normalized spacial score (nSPS) is 12.7. The number of aromatic nitrogens is 2. The number of aliphatic hydroxyl groups is 1. The summed E-state index contributed by atoms with van der Waals surface area (Å²) in [5, 5.41) is 14.2. The third kappa shape index (κ3) is 3.61. The van der Waals surface area contributed by atoms with Crippen LogP contribution in [0.3, 0.4) is 0 Å². The summed E-state index contributed by atoms with van der Waals surface area (Å²) < 4.78 is 8.60. The molecule has 5 heteroatoms. The van der Waals surface area contributed by atoms with Gasteiger partial charge in [0, 0.05) is 22.3 Å². The van der Waals surface area contributed by atoms with Crippen LogP contribution >= 0.6 is 15.9 Å². The highest BCUT2D eigenvalue weighted by Crippen LogP contribution is 2.29. The zero-order chi connectivity index (χ0) is 14.7. The Hall–Kier alpha value is -1.33. The van der Waals surface area contributed by atoms with Gasteiger partial charge in [-0.1, -0.05) is 15.9 Å². The molecule has 108 valence electrons. The van der Waals surface area contributed by atoms with E-state index in [1.54, 1.807) is 6.92 Å². The van der Waals surface area contributed by atoms with Crippen molar-refractivity contribution >= 4 is 15.9 Å². The van der Waals surface area contributed by atoms with Crippen molar-refractivity contribution in [3.63, 3.8) is 0 Å². The number of aliphatic hydroxyl groups excluding tert-OH is 1. The highest BCUT2D eigenvalue weighted by molar-refractivity contribution is 9.10. The molecule has 2 aromatic rings. The first-order valence-corrected chi connectivity index (χ1v) is 7.41. The fourth-order valence-corrected chi connectivity index (χ4v) is 2.25. The second kappa shape index (κ2) is 6.41. The maximum Gasteiger partial charge on any atom is 0.132 e. The second-order valence-electron chi connectivity index (χ2n) is 5.03. The van der Waals surface area contributed by atoms with Crippen LogP contribution in [0.5, 0.6) is 5.75 Å². The first-order valence-electron chi connectivity index (χ1n) is 6.61. The molecule has 1 atom stereocenters. The molecule has 0 aliphatic rings. The highest BCUT2D eigenvalue weighted by atomic mass is 79.9. The zero-order valence-electron chi connectivity index (χ0n) is 11.9. The number of ether oxygens (including phenoxy) is 1. The molecule has 0 fully saturated rings. The molecular weight excluding hydrogens is 320 g/mol. The fraction of sp³-hybridized carbons (Fsp3) is 0.400. The summed E-state index contributed by atoms with van der Waals surface area (Å²) in [6.07, 6.45) is 1.37. The summed E-state index contributed by atoms with van der Waals surface area (Å²) in [4.78, 5) is 0. The van der Waals surface area contributed by atoms with Gasteiger partial charge in [0.15, 0.2) is 0 Å². The van der Waals surface area contributed by atoms with Crippen molar-refractivity contribution < 1.29 is 9.84 Å². The Kier molecular flexibility index (Phi) is 4.83. The lowest BCUT2D eigenvalue weighted by Crippen LogP contribution is -2.04. The average molecular weight is 339 g/mol. The summed E-state index contributed by atoms with van der Waals surface area (Å²) in [5.41, 5.74) is 1.64. The molecule has 20 heavy (non-hydrogen) atoms. The van der Waals surface area contributed by atoms with Crippen LogP contribution in [0, 0.1) is 0 Å². The molecule has 1 aromatic carbocycles. The predicted octanol–water partition coefficient (Wildman–Crippen LogP) is 3.86. The van der Waals surface area contributed by atoms with E-state index in [-0.39, 0.29) is 0 Å². The van der Waals surface area contributed by atoms with Crippen molar-refractivity contribution in [3.05, 3.63) is 46.2 Å². The Morgan fingerprint density at radius 3 is 2.65 bits per heavy atom. The van der Waals surface area contributed by atoms with E-state index < -0.39 is 6.10 Å². The summed E-state index contributed by atoms with van der Waals surface area (Å²) in [5.74, 6) is 0.683. The van der Waals surface area contributed by atoms with E-state index in [0.29, 0.717) is 18.4 Å². The Morgan fingerprint density at radius 2 is 2.05 bits per heavy atom. The van der Waals surface area contributed by atoms with Crippen LogP contribution in [0.2, 0.25) is 0 Å². The van der Waals surface area contributed by atoms with E-state index in [1.165, 1.54) is 0 Å². The van der Waals surface area contributed by atoms with Gasteiger partial charge in [-0.3, -0.25) is 4.68 Å².